The minimum absolute atomic E-state index is 0.0726. The van der Waals surface area contributed by atoms with Crippen molar-refractivity contribution in [2.75, 3.05) is 0 Å². The Hall–Kier alpha value is -2.06. The van der Waals surface area contributed by atoms with Gasteiger partial charge in [0.25, 0.3) is 0 Å². The molecule has 0 aliphatic heterocycles. The molecular formula is C22H30O7S. The van der Waals surface area contributed by atoms with Crippen LogP contribution in [0.1, 0.15) is 69.3 Å². The van der Waals surface area contributed by atoms with Crippen molar-refractivity contribution in [3.8, 4) is 17.2 Å². The van der Waals surface area contributed by atoms with Crippen LogP contribution < -0.4 is 4.18 Å². The molecule has 1 saturated carbocycles. The minimum atomic E-state index is -4.94. The fourth-order valence-corrected chi connectivity index (χ4v) is 5.82. The Morgan fingerprint density at radius 2 is 1.93 bits per heavy atom. The molecule has 1 aromatic carbocycles. The molecule has 0 aromatic heterocycles. The summed E-state index contributed by atoms with van der Waals surface area (Å²) in [6, 6.07) is 1.22. The maximum Gasteiger partial charge on any atom is 0.446 e. The number of carbonyl (C=O) groups excluding carboxylic acids is 1. The zero-order valence-electron chi connectivity index (χ0n) is 17.8. The van der Waals surface area contributed by atoms with Gasteiger partial charge < -0.3 is 14.4 Å². The fraction of sp³-hybridized carbons (Fsp3) is 0.591. The van der Waals surface area contributed by atoms with Gasteiger partial charge in [-0.3, -0.25) is 9.35 Å². The third-order valence-corrected chi connectivity index (χ3v) is 7.66. The van der Waals surface area contributed by atoms with Crippen LogP contribution >= 0.6 is 0 Å². The van der Waals surface area contributed by atoms with Gasteiger partial charge in [-0.15, -0.1) is 0 Å². The lowest BCUT2D eigenvalue weighted by Crippen LogP contribution is -2.44. The molecule has 0 amide bonds. The summed E-state index contributed by atoms with van der Waals surface area (Å²) < 4.78 is 36.8. The third-order valence-electron chi connectivity index (χ3n) is 7.29. The molecule has 2 aliphatic carbocycles. The summed E-state index contributed by atoms with van der Waals surface area (Å²) in [4.78, 5) is 11.6. The predicted octanol–water partition coefficient (Wildman–Crippen LogP) is 4.43. The van der Waals surface area contributed by atoms with Gasteiger partial charge in [-0.1, -0.05) is 45.8 Å². The normalized spacial score (nSPS) is 28.4. The Labute approximate surface area is 177 Å². The number of phenolic OH excluding ortho intramolecular Hbond substituents is 2. The SMILES string of the molecule is C[C@H]1CC=C2[C@H](CCCC2(C)C)[C@@]1(C)Cc1cc(O)c(O)c(C=O)c1OS(=O)(=O)O. The van der Waals surface area contributed by atoms with E-state index in [4.69, 9.17) is 4.18 Å². The van der Waals surface area contributed by atoms with E-state index in [1.807, 2.05) is 0 Å². The highest BCUT2D eigenvalue weighted by Crippen LogP contribution is 2.58. The highest BCUT2D eigenvalue weighted by atomic mass is 32.3. The second-order valence-corrected chi connectivity index (χ2v) is 10.6. The fourth-order valence-electron chi connectivity index (χ4n) is 5.41. The first-order valence-electron chi connectivity index (χ1n) is 10.2. The average Bonchev–Trinajstić information content (AvgIpc) is 2.62. The Kier molecular flexibility index (Phi) is 5.71. The largest absolute Gasteiger partial charge is 0.504 e. The molecule has 8 heteroatoms. The molecular weight excluding hydrogens is 408 g/mol. The Morgan fingerprint density at radius 3 is 2.53 bits per heavy atom. The Bertz CT molecular complexity index is 993. The first kappa shape index (κ1) is 22.6. The van der Waals surface area contributed by atoms with E-state index in [0.717, 1.165) is 25.7 Å². The molecule has 0 radical (unpaired) electrons. The molecule has 3 rings (SSSR count). The number of hydrogen-bond donors (Lipinski definition) is 3. The van der Waals surface area contributed by atoms with E-state index in [0.29, 0.717) is 6.42 Å². The van der Waals surface area contributed by atoms with Crippen LogP contribution in [0, 0.1) is 22.7 Å². The van der Waals surface area contributed by atoms with Gasteiger partial charge >= 0.3 is 10.4 Å². The van der Waals surface area contributed by atoms with E-state index in [2.05, 4.69) is 33.8 Å². The molecule has 3 atom stereocenters. The van der Waals surface area contributed by atoms with Gasteiger partial charge in [0.05, 0.1) is 0 Å². The lowest BCUT2D eigenvalue weighted by atomic mass is 9.51. The van der Waals surface area contributed by atoms with Crippen molar-refractivity contribution in [1.29, 1.82) is 0 Å². The second-order valence-electron chi connectivity index (χ2n) is 9.58. The number of carbonyl (C=O) groups is 1. The van der Waals surface area contributed by atoms with Crippen molar-refractivity contribution in [2.24, 2.45) is 22.7 Å². The summed E-state index contributed by atoms with van der Waals surface area (Å²) in [7, 11) is -4.94. The maximum atomic E-state index is 11.6. The van der Waals surface area contributed by atoms with Gasteiger partial charge in [0.1, 0.15) is 5.56 Å². The zero-order valence-corrected chi connectivity index (χ0v) is 18.6. The van der Waals surface area contributed by atoms with E-state index in [1.165, 1.54) is 11.6 Å². The quantitative estimate of drug-likeness (QED) is 0.269. The number of aromatic hydroxyl groups is 2. The number of rotatable bonds is 5. The van der Waals surface area contributed by atoms with Gasteiger partial charge in [-0.25, -0.2) is 0 Å². The summed E-state index contributed by atoms with van der Waals surface area (Å²) in [5.41, 5.74) is 0.912. The number of allylic oxidation sites excluding steroid dienone is 2. The van der Waals surface area contributed by atoms with Gasteiger partial charge in [0.15, 0.2) is 23.5 Å². The molecule has 30 heavy (non-hydrogen) atoms. The highest BCUT2D eigenvalue weighted by molar-refractivity contribution is 7.81. The lowest BCUT2D eigenvalue weighted by Gasteiger charge is -2.53. The topological polar surface area (TPSA) is 121 Å². The zero-order chi connectivity index (χ0) is 22.5. The number of fused-ring (bicyclic) bond motifs is 1. The monoisotopic (exact) mass is 438 g/mol. The summed E-state index contributed by atoms with van der Waals surface area (Å²) in [6.07, 6.45) is 6.89. The minimum Gasteiger partial charge on any atom is -0.504 e. The third kappa shape index (κ3) is 3.95. The van der Waals surface area contributed by atoms with Crippen LogP contribution in [0.5, 0.6) is 17.2 Å². The van der Waals surface area contributed by atoms with E-state index >= 15 is 0 Å². The number of aldehydes is 1. The molecule has 2 aliphatic rings. The van der Waals surface area contributed by atoms with E-state index in [-0.39, 0.29) is 34.5 Å². The van der Waals surface area contributed by atoms with E-state index in [1.54, 1.807) is 0 Å². The summed E-state index contributed by atoms with van der Waals surface area (Å²) in [5, 5.41) is 20.2. The first-order chi connectivity index (χ1) is 13.8. The maximum absolute atomic E-state index is 11.6. The predicted molar refractivity (Wildman–Crippen MR) is 112 cm³/mol. The molecule has 1 aromatic rings. The van der Waals surface area contributed by atoms with Crippen LogP contribution in [0.3, 0.4) is 0 Å². The van der Waals surface area contributed by atoms with Crippen LogP contribution in [0.2, 0.25) is 0 Å². The smallest absolute Gasteiger partial charge is 0.446 e. The van der Waals surface area contributed by atoms with Crippen LogP contribution in [0.4, 0.5) is 0 Å². The van der Waals surface area contributed by atoms with Crippen molar-refractivity contribution >= 4 is 16.7 Å². The van der Waals surface area contributed by atoms with E-state index < -0.39 is 33.2 Å². The molecule has 7 nitrogen and oxygen atoms in total. The number of hydrogen-bond acceptors (Lipinski definition) is 6. The van der Waals surface area contributed by atoms with Crippen molar-refractivity contribution < 1.29 is 32.2 Å². The van der Waals surface area contributed by atoms with Gasteiger partial charge in [-0.2, -0.15) is 8.42 Å². The van der Waals surface area contributed by atoms with Gasteiger partial charge in [-0.05, 0) is 54.4 Å². The standard InChI is InChI=1S/C22H30O7S/c1-13-7-8-16-17(6-5-9-21(16,2)3)22(13,4)11-14-10-18(24)19(25)15(12-23)20(14)29-30(26,27)28/h8,10,12-13,17,24-25H,5-7,9,11H2,1-4H3,(H,26,27,28)/t13-,17-,22-/m0/s1. The molecule has 166 valence electrons. The van der Waals surface area contributed by atoms with Gasteiger partial charge in [0.2, 0.25) is 0 Å². The number of phenols is 2. The van der Waals surface area contributed by atoms with Crippen LogP contribution in [0.25, 0.3) is 0 Å². The molecule has 0 saturated heterocycles. The molecule has 3 N–H and O–H groups in total. The molecule has 0 bridgehead atoms. The molecule has 1 fully saturated rings. The molecule has 0 spiro atoms. The molecule has 0 unspecified atom stereocenters. The van der Waals surface area contributed by atoms with Crippen LogP contribution in [0.15, 0.2) is 17.7 Å². The van der Waals surface area contributed by atoms with Crippen molar-refractivity contribution in [2.45, 2.75) is 59.8 Å². The van der Waals surface area contributed by atoms with Gasteiger partial charge in [0, 0.05) is 5.56 Å². The van der Waals surface area contributed by atoms with Crippen molar-refractivity contribution in [1.82, 2.24) is 0 Å². The van der Waals surface area contributed by atoms with Crippen molar-refractivity contribution in [3.63, 3.8) is 0 Å². The second kappa shape index (κ2) is 7.57. The van der Waals surface area contributed by atoms with Crippen molar-refractivity contribution in [3.05, 3.63) is 28.8 Å². The summed E-state index contributed by atoms with van der Waals surface area (Å²) in [6.45, 7) is 8.76. The Balaban J connectivity index is 2.13. The summed E-state index contributed by atoms with van der Waals surface area (Å²) >= 11 is 0. The highest BCUT2D eigenvalue weighted by Gasteiger charge is 2.48. The van der Waals surface area contributed by atoms with Crippen LogP contribution in [-0.4, -0.2) is 29.5 Å². The van der Waals surface area contributed by atoms with Crippen LogP contribution in [-0.2, 0) is 16.8 Å². The number of benzene rings is 1. The first-order valence-corrected chi connectivity index (χ1v) is 11.6. The molecule has 0 heterocycles. The Morgan fingerprint density at radius 1 is 1.27 bits per heavy atom. The average molecular weight is 439 g/mol. The van der Waals surface area contributed by atoms with E-state index in [9.17, 15) is 28.0 Å². The summed E-state index contributed by atoms with van der Waals surface area (Å²) in [5.74, 6) is -1.27. The lowest BCUT2D eigenvalue weighted by molar-refractivity contribution is 0.0666.